The van der Waals surface area contributed by atoms with Gasteiger partial charge in [-0.05, 0) is 24.3 Å². The van der Waals surface area contributed by atoms with E-state index in [1.165, 1.54) is 0 Å². The Bertz CT molecular complexity index is 1110. The summed E-state index contributed by atoms with van der Waals surface area (Å²) in [5, 5.41) is 17.1. The number of sulfone groups is 2. The molecule has 0 amide bonds. The Morgan fingerprint density at radius 3 is 1.68 bits per heavy atom. The lowest BCUT2D eigenvalue weighted by atomic mass is 10.3. The molecule has 2 aromatic rings. The smallest absolute Gasteiger partial charge is 0.295 e. The third-order valence-electron chi connectivity index (χ3n) is 3.01. The lowest BCUT2D eigenvalue weighted by Crippen LogP contribution is -2.19. The summed E-state index contributed by atoms with van der Waals surface area (Å²) in [7, 11) is -14.2. The monoisotopic (exact) mass is 408 g/mol. The van der Waals surface area contributed by atoms with Crippen molar-refractivity contribution in [1.29, 1.82) is 0 Å². The molecule has 2 aromatic carbocycles. The topological polar surface area (TPSA) is 163 Å². The first-order valence-electron chi connectivity index (χ1n) is 6.38. The van der Waals surface area contributed by atoms with E-state index in [9.17, 15) is 35.5 Å². The average molecular weight is 408 g/mol. The minimum Gasteiger partial charge on any atom is -0.508 e. The van der Waals surface area contributed by atoms with Crippen LogP contribution in [-0.4, -0.2) is 45.1 Å². The summed E-state index contributed by atoms with van der Waals surface area (Å²) in [6.45, 7) is 0. The van der Waals surface area contributed by atoms with Crippen molar-refractivity contribution >= 4 is 29.8 Å². The van der Waals surface area contributed by atoms with Crippen LogP contribution in [-0.2, 0) is 29.8 Å². The molecule has 0 unspecified atom stereocenters. The zero-order valence-electron chi connectivity index (χ0n) is 12.3. The summed E-state index contributed by atoms with van der Waals surface area (Å²) >= 11 is 0. The van der Waals surface area contributed by atoms with Gasteiger partial charge in [-0.25, -0.2) is 16.8 Å². The molecular weight excluding hydrogens is 396 g/mol. The van der Waals surface area contributed by atoms with Crippen LogP contribution in [0.25, 0.3) is 0 Å². The minimum atomic E-state index is -4.90. The molecule has 0 heterocycles. The highest BCUT2D eigenvalue weighted by molar-refractivity contribution is 8.08. The van der Waals surface area contributed by atoms with Gasteiger partial charge in [0.2, 0.25) is 0 Å². The first-order chi connectivity index (χ1) is 11.3. The Morgan fingerprint density at radius 2 is 1.20 bits per heavy atom. The lowest BCUT2D eigenvalue weighted by Gasteiger charge is -2.10. The van der Waals surface area contributed by atoms with Gasteiger partial charge >= 0.3 is 0 Å². The van der Waals surface area contributed by atoms with E-state index in [4.69, 9.17) is 4.55 Å². The number of phenols is 2. The Balaban J connectivity index is 2.56. The molecule has 0 radical (unpaired) electrons. The maximum atomic E-state index is 12.4. The van der Waals surface area contributed by atoms with Crippen LogP contribution in [0.15, 0.2) is 57.2 Å². The van der Waals surface area contributed by atoms with Gasteiger partial charge in [0.1, 0.15) is 16.4 Å². The van der Waals surface area contributed by atoms with Gasteiger partial charge < -0.3 is 10.2 Å². The molecule has 0 aromatic heterocycles. The fourth-order valence-corrected chi connectivity index (χ4v) is 7.22. The Hall–Kier alpha value is -2.15. The van der Waals surface area contributed by atoms with Gasteiger partial charge in [0, 0.05) is 6.07 Å². The van der Waals surface area contributed by atoms with E-state index in [-0.39, 0.29) is 0 Å². The van der Waals surface area contributed by atoms with Crippen molar-refractivity contribution < 1.29 is 40.0 Å². The van der Waals surface area contributed by atoms with Crippen molar-refractivity contribution in [2.24, 2.45) is 0 Å². The van der Waals surface area contributed by atoms with Gasteiger partial charge in [-0.15, -0.1) is 0 Å². The predicted octanol–water partition coefficient (Wildman–Crippen LogP) is 0.550. The second-order valence-electron chi connectivity index (χ2n) is 4.95. The van der Waals surface area contributed by atoms with Crippen molar-refractivity contribution in [2.45, 2.75) is 14.7 Å². The summed E-state index contributed by atoms with van der Waals surface area (Å²) in [6, 6.07) is 6.29. The molecule has 12 heteroatoms. The van der Waals surface area contributed by atoms with E-state index < -0.39 is 61.1 Å². The highest BCUT2D eigenvalue weighted by Gasteiger charge is 2.31. The summed E-state index contributed by atoms with van der Waals surface area (Å²) < 4.78 is 81.0. The zero-order chi connectivity index (χ0) is 19.0. The van der Waals surface area contributed by atoms with Gasteiger partial charge in [0.15, 0.2) is 24.8 Å². The summed E-state index contributed by atoms with van der Waals surface area (Å²) in [5.41, 5.74) is 0. The van der Waals surface area contributed by atoms with Crippen LogP contribution >= 0.6 is 0 Å². The molecule has 0 atom stereocenters. The van der Waals surface area contributed by atoms with Crippen molar-refractivity contribution in [3.05, 3.63) is 42.5 Å². The summed E-state index contributed by atoms with van der Waals surface area (Å²) in [4.78, 5) is -2.51. The average Bonchev–Trinajstić information content (AvgIpc) is 2.44. The predicted molar refractivity (Wildman–Crippen MR) is 85.3 cm³/mol. The molecule has 25 heavy (non-hydrogen) atoms. The second-order valence-corrected chi connectivity index (χ2v) is 10.7. The van der Waals surface area contributed by atoms with Crippen LogP contribution in [0.1, 0.15) is 0 Å². The first kappa shape index (κ1) is 19.2. The van der Waals surface area contributed by atoms with Crippen molar-refractivity contribution in [2.75, 3.05) is 5.08 Å². The van der Waals surface area contributed by atoms with Crippen LogP contribution in [0, 0.1) is 0 Å². The van der Waals surface area contributed by atoms with E-state index in [1.54, 1.807) is 0 Å². The fourth-order valence-electron chi connectivity index (χ4n) is 2.00. The normalized spacial score (nSPS) is 12.8. The van der Waals surface area contributed by atoms with E-state index in [2.05, 4.69) is 0 Å². The Kier molecular flexibility index (Phi) is 4.83. The largest absolute Gasteiger partial charge is 0.508 e. The third kappa shape index (κ3) is 4.28. The SMILES string of the molecule is O=S(=O)(O)c1ccccc1S(=O)(=O)CS(=O)(=O)c1cc(O)cc(O)c1. The minimum absolute atomic E-state index is 0.602. The highest BCUT2D eigenvalue weighted by Crippen LogP contribution is 2.28. The molecule has 0 bridgehead atoms. The highest BCUT2D eigenvalue weighted by atomic mass is 32.3. The molecule has 0 aliphatic heterocycles. The molecule has 0 aliphatic rings. The van der Waals surface area contributed by atoms with E-state index in [0.717, 1.165) is 42.5 Å². The molecule has 0 saturated carbocycles. The number of hydrogen-bond acceptors (Lipinski definition) is 8. The molecule has 136 valence electrons. The summed E-state index contributed by atoms with van der Waals surface area (Å²) in [5.74, 6) is -1.20. The van der Waals surface area contributed by atoms with Gasteiger partial charge in [0.25, 0.3) is 10.1 Å². The molecule has 0 spiro atoms. The van der Waals surface area contributed by atoms with Crippen LogP contribution in [0.4, 0.5) is 0 Å². The van der Waals surface area contributed by atoms with Gasteiger partial charge in [-0.3, -0.25) is 4.55 Å². The fraction of sp³-hybridized carbons (Fsp3) is 0.0769. The number of aromatic hydroxyl groups is 2. The molecule has 0 saturated heterocycles. The molecule has 0 aliphatic carbocycles. The Labute approximate surface area is 143 Å². The first-order valence-corrected chi connectivity index (χ1v) is 11.1. The Morgan fingerprint density at radius 1 is 0.720 bits per heavy atom. The van der Waals surface area contributed by atoms with Crippen LogP contribution in [0.3, 0.4) is 0 Å². The number of phenolic OH excluding ortho intramolecular Hbond substituents is 2. The number of benzene rings is 2. The van der Waals surface area contributed by atoms with Crippen LogP contribution < -0.4 is 0 Å². The maximum Gasteiger partial charge on any atom is 0.295 e. The second kappa shape index (κ2) is 6.29. The number of hydrogen-bond donors (Lipinski definition) is 3. The lowest BCUT2D eigenvalue weighted by molar-refractivity contribution is 0.447. The van der Waals surface area contributed by atoms with E-state index in [0.29, 0.717) is 0 Å². The summed E-state index contributed by atoms with van der Waals surface area (Å²) in [6.07, 6.45) is 0. The van der Waals surface area contributed by atoms with E-state index in [1.807, 2.05) is 0 Å². The van der Waals surface area contributed by atoms with Crippen molar-refractivity contribution in [3.63, 3.8) is 0 Å². The van der Waals surface area contributed by atoms with Crippen molar-refractivity contribution in [1.82, 2.24) is 0 Å². The van der Waals surface area contributed by atoms with Crippen molar-refractivity contribution in [3.8, 4) is 11.5 Å². The zero-order valence-corrected chi connectivity index (χ0v) is 14.7. The number of rotatable bonds is 5. The van der Waals surface area contributed by atoms with E-state index >= 15 is 0 Å². The molecule has 3 N–H and O–H groups in total. The van der Waals surface area contributed by atoms with Gasteiger partial charge in [-0.2, -0.15) is 8.42 Å². The standard InChI is InChI=1S/C13H12O9S3/c14-9-5-10(15)7-11(6-9)23(16,17)8-24(18,19)12-3-1-2-4-13(12)25(20,21)22/h1-7,14-15H,8H2,(H,20,21,22). The molecule has 2 rings (SSSR count). The maximum absolute atomic E-state index is 12.4. The molecule has 9 nitrogen and oxygen atoms in total. The van der Waals surface area contributed by atoms with Gasteiger partial charge in [0.05, 0.1) is 9.79 Å². The van der Waals surface area contributed by atoms with Crippen LogP contribution in [0.2, 0.25) is 0 Å². The third-order valence-corrected chi connectivity index (χ3v) is 8.51. The van der Waals surface area contributed by atoms with Gasteiger partial charge in [-0.1, -0.05) is 12.1 Å². The van der Waals surface area contributed by atoms with Crippen LogP contribution in [0.5, 0.6) is 11.5 Å². The molecular formula is C13H12O9S3. The molecule has 0 fully saturated rings. The quantitative estimate of drug-likeness (QED) is 0.599.